The van der Waals surface area contributed by atoms with Crippen molar-refractivity contribution in [3.63, 3.8) is 0 Å². The van der Waals surface area contributed by atoms with E-state index in [4.69, 9.17) is 4.74 Å². The minimum Gasteiger partial charge on any atom is -0.378 e. The van der Waals surface area contributed by atoms with Crippen molar-refractivity contribution in [3.8, 4) is 6.07 Å². The van der Waals surface area contributed by atoms with Gasteiger partial charge in [0.2, 0.25) is 5.91 Å². The Kier molecular flexibility index (Phi) is 6.98. The molecule has 0 N–H and O–H groups in total. The number of carbonyl (C=O) groups is 1. The SMILES string of the molecule is COC1(C2C=CC(c3cc4c(N5CCN(C(=O)C6CC6)CC5)ccnn4c3)=C(C#N)C2)CCN(C(C)C)CC1. The summed E-state index contributed by atoms with van der Waals surface area (Å²) in [5.74, 6) is 0.795. The number of hydrogen-bond acceptors (Lipinski definition) is 6. The second kappa shape index (κ2) is 10.4. The van der Waals surface area contributed by atoms with E-state index in [-0.39, 0.29) is 17.4 Å². The number of hydrogen-bond donors (Lipinski definition) is 0. The van der Waals surface area contributed by atoms with Crippen LogP contribution in [0.3, 0.4) is 0 Å². The standard InChI is InChI=1S/C31H40N6O2/c1-22(2)34-12-9-31(39-3,10-13-34)26-6-7-27(24(18-26)20-32)25-19-29-28(8-11-33-37(29)21-25)35-14-16-36(17-15-35)30(38)23-4-5-23/h6-8,11,19,21-23,26H,4-5,9-10,12-18H2,1-3H3. The van der Waals surface area contributed by atoms with Gasteiger partial charge in [-0.15, -0.1) is 0 Å². The quantitative estimate of drug-likeness (QED) is 0.561. The van der Waals surface area contributed by atoms with Crippen LogP contribution in [0.1, 0.15) is 51.5 Å². The Labute approximate surface area is 231 Å². The van der Waals surface area contributed by atoms with Gasteiger partial charge in [0.25, 0.3) is 0 Å². The first-order chi connectivity index (χ1) is 18.9. The summed E-state index contributed by atoms with van der Waals surface area (Å²) in [6, 6.07) is 7.29. The number of allylic oxidation sites excluding steroid dienone is 3. The molecule has 1 saturated carbocycles. The second-order valence-corrected chi connectivity index (χ2v) is 11.9. The minimum atomic E-state index is -0.223. The van der Waals surface area contributed by atoms with Crippen LogP contribution in [0.4, 0.5) is 5.69 Å². The molecule has 0 radical (unpaired) electrons. The van der Waals surface area contributed by atoms with Crippen molar-refractivity contribution in [1.29, 1.82) is 5.26 Å². The molecule has 6 rings (SSSR count). The predicted molar refractivity (Wildman–Crippen MR) is 152 cm³/mol. The lowest BCUT2D eigenvalue weighted by atomic mass is 9.73. The summed E-state index contributed by atoms with van der Waals surface area (Å²) in [4.78, 5) is 19.4. The number of ether oxygens (including phenoxy) is 1. The van der Waals surface area contributed by atoms with Crippen molar-refractivity contribution in [2.75, 3.05) is 51.3 Å². The normalized spacial score (nSPS) is 24.0. The summed E-state index contributed by atoms with van der Waals surface area (Å²) in [5, 5.41) is 14.8. The molecule has 2 aromatic rings. The number of nitrogens with zero attached hydrogens (tertiary/aromatic N) is 6. The van der Waals surface area contributed by atoms with E-state index in [1.165, 1.54) is 0 Å². The third kappa shape index (κ3) is 4.87. The van der Waals surface area contributed by atoms with Crippen LogP contribution in [-0.4, -0.2) is 83.3 Å². The fraction of sp³-hybridized carbons (Fsp3) is 0.581. The number of aromatic nitrogens is 2. The molecule has 39 heavy (non-hydrogen) atoms. The fourth-order valence-electron chi connectivity index (χ4n) is 6.76. The van der Waals surface area contributed by atoms with Gasteiger partial charge >= 0.3 is 0 Å². The number of methoxy groups -OCH3 is 1. The lowest BCUT2D eigenvalue weighted by Gasteiger charge is -2.46. The number of piperazine rings is 1. The summed E-state index contributed by atoms with van der Waals surface area (Å²) < 4.78 is 8.12. The zero-order valence-electron chi connectivity index (χ0n) is 23.5. The highest BCUT2D eigenvalue weighted by Crippen LogP contribution is 2.42. The first-order valence-corrected chi connectivity index (χ1v) is 14.5. The molecular weight excluding hydrogens is 488 g/mol. The van der Waals surface area contributed by atoms with Gasteiger partial charge < -0.3 is 19.4 Å². The smallest absolute Gasteiger partial charge is 0.225 e. The summed E-state index contributed by atoms with van der Waals surface area (Å²) in [6.07, 6.45) is 13.0. The molecule has 206 valence electrons. The molecule has 4 heterocycles. The Hall–Kier alpha value is -3.15. The average Bonchev–Trinajstić information content (AvgIpc) is 3.74. The molecule has 8 heteroatoms. The monoisotopic (exact) mass is 528 g/mol. The second-order valence-electron chi connectivity index (χ2n) is 11.9. The molecule has 2 aliphatic heterocycles. The molecule has 0 aromatic carbocycles. The predicted octanol–water partition coefficient (Wildman–Crippen LogP) is 4.14. The van der Waals surface area contributed by atoms with Crippen LogP contribution in [0, 0.1) is 23.2 Å². The van der Waals surface area contributed by atoms with Gasteiger partial charge in [0.05, 0.1) is 22.9 Å². The largest absolute Gasteiger partial charge is 0.378 e. The van der Waals surface area contributed by atoms with E-state index in [9.17, 15) is 10.1 Å². The van der Waals surface area contributed by atoms with E-state index >= 15 is 0 Å². The first-order valence-electron chi connectivity index (χ1n) is 14.5. The first kappa shape index (κ1) is 26.1. The molecule has 3 fully saturated rings. The Balaban J connectivity index is 1.21. The van der Waals surface area contributed by atoms with E-state index in [1.807, 2.05) is 28.9 Å². The maximum atomic E-state index is 12.5. The van der Waals surface area contributed by atoms with Crippen LogP contribution < -0.4 is 4.90 Å². The topological polar surface area (TPSA) is 77.1 Å². The van der Waals surface area contributed by atoms with Crippen molar-refractivity contribution in [2.24, 2.45) is 11.8 Å². The van der Waals surface area contributed by atoms with Crippen LogP contribution >= 0.6 is 0 Å². The highest BCUT2D eigenvalue weighted by molar-refractivity contribution is 5.86. The third-order valence-corrected chi connectivity index (χ3v) is 9.49. The molecule has 4 aliphatic rings. The van der Waals surface area contributed by atoms with Gasteiger partial charge in [0, 0.05) is 87.8 Å². The molecule has 0 spiro atoms. The van der Waals surface area contributed by atoms with Crippen LogP contribution in [0.2, 0.25) is 0 Å². The Morgan fingerprint density at radius 3 is 2.54 bits per heavy atom. The zero-order chi connectivity index (χ0) is 27.1. The van der Waals surface area contributed by atoms with Gasteiger partial charge in [-0.25, -0.2) is 4.52 Å². The third-order valence-electron chi connectivity index (χ3n) is 9.49. The maximum Gasteiger partial charge on any atom is 0.225 e. The maximum absolute atomic E-state index is 12.5. The lowest BCUT2D eigenvalue weighted by Crippen LogP contribution is -2.51. The van der Waals surface area contributed by atoms with Gasteiger partial charge in [0.15, 0.2) is 0 Å². The molecular formula is C31H40N6O2. The molecule has 1 unspecified atom stereocenters. The number of anilines is 1. The number of fused-ring (bicyclic) bond motifs is 1. The van der Waals surface area contributed by atoms with E-state index in [0.717, 1.165) is 92.9 Å². The number of likely N-dealkylation sites (tertiary alicyclic amines) is 1. The van der Waals surface area contributed by atoms with Gasteiger partial charge in [-0.1, -0.05) is 12.2 Å². The van der Waals surface area contributed by atoms with E-state index in [2.05, 4.69) is 59.1 Å². The number of amides is 1. The van der Waals surface area contributed by atoms with E-state index in [0.29, 0.717) is 18.4 Å². The fourth-order valence-corrected chi connectivity index (χ4v) is 6.76. The number of nitriles is 1. The Morgan fingerprint density at radius 2 is 1.90 bits per heavy atom. The molecule has 8 nitrogen and oxygen atoms in total. The Morgan fingerprint density at radius 1 is 1.15 bits per heavy atom. The van der Waals surface area contributed by atoms with Crippen LogP contribution in [0.25, 0.3) is 11.1 Å². The van der Waals surface area contributed by atoms with Gasteiger partial charge in [0.1, 0.15) is 0 Å². The molecule has 0 bridgehead atoms. The molecule has 2 aliphatic carbocycles. The van der Waals surface area contributed by atoms with Crippen molar-refractivity contribution >= 4 is 22.7 Å². The average molecular weight is 529 g/mol. The Bertz CT molecular complexity index is 1330. The summed E-state index contributed by atoms with van der Waals surface area (Å²) in [5.41, 5.74) is 4.75. The number of rotatable bonds is 6. The van der Waals surface area contributed by atoms with Crippen LogP contribution in [-0.2, 0) is 9.53 Å². The summed E-state index contributed by atoms with van der Waals surface area (Å²) in [6.45, 7) is 9.72. The summed E-state index contributed by atoms with van der Waals surface area (Å²) in [7, 11) is 1.83. The zero-order valence-corrected chi connectivity index (χ0v) is 23.5. The van der Waals surface area contributed by atoms with Crippen molar-refractivity contribution in [3.05, 3.63) is 47.8 Å². The molecule has 1 atom stereocenters. The van der Waals surface area contributed by atoms with Gasteiger partial charge in [-0.3, -0.25) is 4.79 Å². The van der Waals surface area contributed by atoms with Crippen LogP contribution in [0.15, 0.2) is 42.3 Å². The van der Waals surface area contributed by atoms with Crippen molar-refractivity contribution < 1.29 is 9.53 Å². The highest BCUT2D eigenvalue weighted by Gasteiger charge is 2.42. The minimum absolute atomic E-state index is 0.190. The van der Waals surface area contributed by atoms with Crippen LogP contribution in [0.5, 0.6) is 0 Å². The van der Waals surface area contributed by atoms with Gasteiger partial charge in [-0.05, 0) is 63.7 Å². The van der Waals surface area contributed by atoms with Crippen molar-refractivity contribution in [2.45, 2.75) is 57.6 Å². The van der Waals surface area contributed by atoms with E-state index in [1.54, 1.807) is 0 Å². The summed E-state index contributed by atoms with van der Waals surface area (Å²) >= 11 is 0. The molecule has 2 aromatic heterocycles. The molecule has 1 amide bonds. The highest BCUT2D eigenvalue weighted by atomic mass is 16.5. The number of piperidine rings is 1. The molecule has 2 saturated heterocycles. The lowest BCUT2D eigenvalue weighted by molar-refractivity contribution is -0.132. The van der Waals surface area contributed by atoms with E-state index < -0.39 is 0 Å². The van der Waals surface area contributed by atoms with Crippen molar-refractivity contribution in [1.82, 2.24) is 19.4 Å². The number of carbonyl (C=O) groups excluding carboxylic acids is 1. The van der Waals surface area contributed by atoms with Gasteiger partial charge in [-0.2, -0.15) is 10.4 Å².